The molecule has 0 amide bonds. The minimum Gasteiger partial charge on any atom is -0.497 e. The highest BCUT2D eigenvalue weighted by molar-refractivity contribution is 5.89. The van der Waals surface area contributed by atoms with Crippen LogP contribution in [0.3, 0.4) is 0 Å². The average molecular weight is 364 g/mol. The first-order valence-electron chi connectivity index (χ1n) is 8.87. The van der Waals surface area contributed by atoms with Gasteiger partial charge in [-0.25, -0.2) is 4.98 Å². The number of hydroxylamine groups is 2. The van der Waals surface area contributed by atoms with E-state index >= 15 is 0 Å². The van der Waals surface area contributed by atoms with E-state index in [1.165, 1.54) is 0 Å². The Bertz CT molecular complexity index is 975. The summed E-state index contributed by atoms with van der Waals surface area (Å²) in [5.41, 5.74) is 2.46. The zero-order chi connectivity index (χ0) is 18.8. The molecule has 1 atom stereocenters. The quantitative estimate of drug-likeness (QED) is 0.743. The van der Waals surface area contributed by atoms with Gasteiger partial charge >= 0.3 is 5.97 Å². The highest BCUT2D eigenvalue weighted by Crippen LogP contribution is 2.33. The van der Waals surface area contributed by atoms with Gasteiger partial charge < -0.3 is 14.7 Å². The minimum atomic E-state index is -0.865. The summed E-state index contributed by atoms with van der Waals surface area (Å²) in [5, 5.41) is 11.8. The number of rotatable bonds is 5. The van der Waals surface area contributed by atoms with Crippen LogP contribution in [0.5, 0.6) is 11.5 Å². The van der Waals surface area contributed by atoms with Gasteiger partial charge in [-0.2, -0.15) is 0 Å². The number of hydrogen-bond acceptors (Lipinski definition) is 5. The number of benzene rings is 2. The van der Waals surface area contributed by atoms with Gasteiger partial charge in [0.05, 0.1) is 18.3 Å². The number of hydrogen-bond donors (Lipinski definition) is 1. The average Bonchev–Trinajstić information content (AvgIpc) is 3.16. The Morgan fingerprint density at radius 2 is 2.00 bits per heavy atom. The summed E-state index contributed by atoms with van der Waals surface area (Å²) in [5.74, 6) is 0.432. The van der Waals surface area contributed by atoms with Crippen LogP contribution in [0.25, 0.3) is 22.2 Å². The molecule has 1 saturated heterocycles. The SMILES string of the molecule is COc1ccc2c(ON3CCC[C@H]3C(=O)O)cc(-c3ccccc3)nc2c1. The van der Waals surface area contributed by atoms with Crippen LogP contribution in [0.2, 0.25) is 0 Å². The highest BCUT2D eigenvalue weighted by atomic mass is 16.7. The maximum absolute atomic E-state index is 11.5. The number of nitrogens with zero attached hydrogens (tertiary/aromatic N) is 2. The topological polar surface area (TPSA) is 71.9 Å². The van der Waals surface area contributed by atoms with E-state index in [2.05, 4.69) is 0 Å². The first kappa shape index (κ1) is 17.3. The molecular formula is C21H20N2O4. The van der Waals surface area contributed by atoms with Gasteiger partial charge in [0.25, 0.3) is 0 Å². The fraction of sp³-hybridized carbons (Fsp3) is 0.238. The molecule has 6 heteroatoms. The normalized spacial score (nSPS) is 17.1. The summed E-state index contributed by atoms with van der Waals surface area (Å²) >= 11 is 0. The molecule has 0 saturated carbocycles. The number of ether oxygens (including phenoxy) is 1. The maximum atomic E-state index is 11.5. The van der Waals surface area contributed by atoms with Gasteiger partial charge in [-0.3, -0.25) is 4.79 Å². The number of methoxy groups -OCH3 is 1. The van der Waals surface area contributed by atoms with Crippen molar-refractivity contribution in [1.29, 1.82) is 0 Å². The lowest BCUT2D eigenvalue weighted by Gasteiger charge is -2.22. The Morgan fingerprint density at radius 3 is 2.74 bits per heavy atom. The standard InChI is InChI=1S/C21H20N2O4/c1-26-15-9-10-16-18(12-15)22-17(14-6-3-2-4-7-14)13-20(16)27-23-11-5-8-19(23)21(24)25/h2-4,6-7,9-10,12-13,19H,5,8,11H2,1H3,(H,24,25)/t19-/m0/s1. The van der Waals surface area contributed by atoms with Crippen molar-refractivity contribution in [1.82, 2.24) is 10.0 Å². The van der Waals surface area contributed by atoms with Crippen molar-refractivity contribution in [3.63, 3.8) is 0 Å². The lowest BCUT2D eigenvalue weighted by molar-refractivity contribution is -0.154. The zero-order valence-corrected chi connectivity index (χ0v) is 15.0. The van der Waals surface area contributed by atoms with Gasteiger partial charge in [0, 0.05) is 29.6 Å². The van der Waals surface area contributed by atoms with E-state index in [0.29, 0.717) is 24.5 Å². The van der Waals surface area contributed by atoms with Gasteiger partial charge in [0.1, 0.15) is 11.8 Å². The number of carbonyl (C=O) groups is 1. The molecule has 1 aromatic heterocycles. The summed E-state index contributed by atoms with van der Waals surface area (Å²) in [6.07, 6.45) is 1.37. The molecule has 1 N–H and O–H groups in total. The Kier molecular flexibility index (Phi) is 4.64. The fourth-order valence-corrected chi connectivity index (χ4v) is 3.36. The fourth-order valence-electron chi connectivity index (χ4n) is 3.36. The van der Waals surface area contributed by atoms with Gasteiger partial charge in [-0.1, -0.05) is 30.3 Å². The van der Waals surface area contributed by atoms with Crippen molar-refractivity contribution in [3.05, 3.63) is 54.6 Å². The molecule has 0 bridgehead atoms. The molecule has 4 rings (SSSR count). The Morgan fingerprint density at radius 1 is 1.19 bits per heavy atom. The van der Waals surface area contributed by atoms with Gasteiger partial charge in [-0.05, 0) is 25.0 Å². The van der Waals surface area contributed by atoms with Crippen molar-refractivity contribution in [3.8, 4) is 22.8 Å². The summed E-state index contributed by atoms with van der Waals surface area (Å²) in [7, 11) is 1.61. The Labute approximate surface area is 156 Å². The van der Waals surface area contributed by atoms with E-state index < -0.39 is 12.0 Å². The maximum Gasteiger partial charge on any atom is 0.324 e. The highest BCUT2D eigenvalue weighted by Gasteiger charge is 2.33. The van der Waals surface area contributed by atoms with E-state index in [9.17, 15) is 9.90 Å². The molecule has 1 fully saturated rings. The largest absolute Gasteiger partial charge is 0.497 e. The Hall–Kier alpha value is -3.12. The monoisotopic (exact) mass is 364 g/mol. The summed E-state index contributed by atoms with van der Waals surface area (Å²) in [6.45, 7) is 0.581. The van der Waals surface area contributed by atoms with E-state index in [4.69, 9.17) is 14.6 Å². The lowest BCUT2D eigenvalue weighted by Crippen LogP contribution is -2.38. The van der Waals surface area contributed by atoms with Crippen molar-refractivity contribution in [2.24, 2.45) is 0 Å². The van der Waals surface area contributed by atoms with E-state index in [-0.39, 0.29) is 0 Å². The van der Waals surface area contributed by atoms with Crippen LogP contribution in [0.1, 0.15) is 12.8 Å². The molecular weight excluding hydrogens is 344 g/mol. The summed E-state index contributed by atoms with van der Waals surface area (Å²) in [4.78, 5) is 22.3. The number of carboxylic acid groups (broad SMARTS) is 1. The predicted octanol–water partition coefficient (Wildman–Crippen LogP) is 3.75. The van der Waals surface area contributed by atoms with Crippen LogP contribution in [-0.4, -0.2) is 40.8 Å². The second kappa shape index (κ2) is 7.25. The smallest absolute Gasteiger partial charge is 0.324 e. The predicted molar refractivity (Wildman–Crippen MR) is 102 cm³/mol. The third-order valence-electron chi connectivity index (χ3n) is 4.75. The second-order valence-corrected chi connectivity index (χ2v) is 6.48. The first-order valence-corrected chi connectivity index (χ1v) is 8.87. The van der Waals surface area contributed by atoms with Gasteiger partial charge in [0.15, 0.2) is 5.75 Å². The lowest BCUT2D eigenvalue weighted by atomic mass is 10.1. The first-order chi connectivity index (χ1) is 13.2. The molecule has 138 valence electrons. The number of pyridine rings is 1. The van der Waals surface area contributed by atoms with E-state index in [1.54, 1.807) is 12.2 Å². The number of aliphatic carboxylic acids is 1. The van der Waals surface area contributed by atoms with Crippen molar-refractivity contribution < 1.29 is 19.5 Å². The van der Waals surface area contributed by atoms with Gasteiger partial charge in [0.2, 0.25) is 0 Å². The van der Waals surface area contributed by atoms with E-state index in [1.807, 2.05) is 54.6 Å². The zero-order valence-electron chi connectivity index (χ0n) is 15.0. The molecule has 3 aromatic rings. The second-order valence-electron chi connectivity index (χ2n) is 6.48. The third kappa shape index (κ3) is 3.44. The van der Waals surface area contributed by atoms with Gasteiger partial charge in [-0.15, -0.1) is 5.06 Å². The van der Waals surface area contributed by atoms with Crippen molar-refractivity contribution >= 4 is 16.9 Å². The minimum absolute atomic E-state index is 0.581. The van der Waals surface area contributed by atoms with Crippen LogP contribution in [0, 0.1) is 0 Å². The molecule has 0 aliphatic carbocycles. The molecule has 6 nitrogen and oxygen atoms in total. The number of aromatic nitrogens is 1. The Balaban J connectivity index is 1.81. The van der Waals surface area contributed by atoms with Crippen LogP contribution < -0.4 is 9.57 Å². The molecule has 27 heavy (non-hydrogen) atoms. The summed E-state index contributed by atoms with van der Waals surface area (Å²) < 4.78 is 5.32. The van der Waals surface area contributed by atoms with Crippen LogP contribution in [0.4, 0.5) is 0 Å². The molecule has 2 aromatic carbocycles. The third-order valence-corrected chi connectivity index (χ3v) is 4.75. The summed E-state index contributed by atoms with van der Waals surface area (Å²) in [6, 6.07) is 16.6. The van der Waals surface area contributed by atoms with Crippen LogP contribution >= 0.6 is 0 Å². The molecule has 1 aliphatic rings. The molecule has 0 unspecified atom stereocenters. The molecule has 0 radical (unpaired) electrons. The number of carboxylic acids is 1. The molecule has 1 aliphatic heterocycles. The van der Waals surface area contributed by atoms with Crippen LogP contribution in [0.15, 0.2) is 54.6 Å². The van der Waals surface area contributed by atoms with Crippen molar-refractivity contribution in [2.45, 2.75) is 18.9 Å². The van der Waals surface area contributed by atoms with Crippen LogP contribution in [-0.2, 0) is 4.79 Å². The molecule has 0 spiro atoms. The molecule has 2 heterocycles. The van der Waals surface area contributed by atoms with E-state index in [0.717, 1.165) is 28.6 Å². The number of fused-ring (bicyclic) bond motifs is 1. The van der Waals surface area contributed by atoms with Crippen molar-refractivity contribution in [2.75, 3.05) is 13.7 Å².